The zero-order chi connectivity index (χ0) is 21.3. The summed E-state index contributed by atoms with van der Waals surface area (Å²) in [6.45, 7) is 2.30. The second kappa shape index (κ2) is 9.89. The molecule has 0 aromatic heterocycles. The van der Waals surface area contributed by atoms with Crippen molar-refractivity contribution >= 4 is 17.6 Å². The Morgan fingerprint density at radius 1 is 0.967 bits per heavy atom. The summed E-state index contributed by atoms with van der Waals surface area (Å²) >= 11 is 0. The number of para-hydroxylation sites is 2. The highest BCUT2D eigenvalue weighted by Gasteiger charge is 2.26. The number of benzene rings is 3. The molecule has 0 fully saturated rings. The molecule has 0 aliphatic carbocycles. The maximum Gasteiger partial charge on any atom is 0.339 e. The van der Waals surface area contributed by atoms with Gasteiger partial charge >= 0.3 is 5.97 Å². The number of anilines is 1. The fourth-order valence-electron chi connectivity index (χ4n) is 2.81. The molecule has 0 unspecified atom stereocenters. The Kier molecular flexibility index (Phi) is 6.80. The quantitative estimate of drug-likeness (QED) is 0.590. The zero-order valence-corrected chi connectivity index (χ0v) is 16.4. The predicted molar refractivity (Wildman–Crippen MR) is 112 cm³/mol. The van der Waals surface area contributed by atoms with Crippen LogP contribution >= 0.6 is 0 Å². The van der Waals surface area contributed by atoms with Gasteiger partial charge in [-0.05, 0) is 43.3 Å². The minimum Gasteiger partial charge on any atom is -0.492 e. The number of ether oxygens (including phenoxy) is 2. The van der Waals surface area contributed by atoms with Gasteiger partial charge in [-0.1, -0.05) is 42.5 Å². The number of esters is 1. The second-order valence-electron chi connectivity index (χ2n) is 6.30. The molecular weight excluding hydrogens is 380 g/mol. The number of nitrogens with zero attached hydrogens (tertiary/aromatic N) is 1. The third kappa shape index (κ3) is 5.03. The van der Waals surface area contributed by atoms with Crippen molar-refractivity contribution in [2.24, 2.45) is 0 Å². The van der Waals surface area contributed by atoms with Crippen molar-refractivity contribution in [2.45, 2.75) is 13.0 Å². The minimum absolute atomic E-state index is 0.248. The third-order valence-corrected chi connectivity index (χ3v) is 4.26. The summed E-state index contributed by atoms with van der Waals surface area (Å²) in [6, 6.07) is 23.8. The maximum atomic E-state index is 13.0. The summed E-state index contributed by atoms with van der Waals surface area (Å²) in [5.74, 6) is -0.643. The Hall–Kier alpha value is -4.11. The number of carbonyl (C=O) groups excluding carboxylic acids is 2. The molecule has 0 saturated heterocycles. The monoisotopic (exact) mass is 400 g/mol. The van der Waals surface area contributed by atoms with Crippen LogP contribution in [0.1, 0.15) is 34.5 Å². The van der Waals surface area contributed by atoms with Crippen LogP contribution in [0, 0.1) is 11.3 Å². The average molecular weight is 400 g/mol. The van der Waals surface area contributed by atoms with Crippen LogP contribution in [0.5, 0.6) is 5.75 Å². The molecule has 6 nitrogen and oxygen atoms in total. The number of amides is 1. The first-order valence-corrected chi connectivity index (χ1v) is 9.41. The van der Waals surface area contributed by atoms with Gasteiger partial charge in [0.05, 0.1) is 29.5 Å². The first-order valence-electron chi connectivity index (χ1n) is 9.41. The van der Waals surface area contributed by atoms with E-state index in [4.69, 9.17) is 14.7 Å². The molecule has 6 heteroatoms. The normalized spacial score (nSPS) is 11.1. The van der Waals surface area contributed by atoms with E-state index < -0.39 is 18.0 Å². The van der Waals surface area contributed by atoms with Crippen molar-refractivity contribution < 1.29 is 19.1 Å². The first kappa shape index (κ1) is 20.6. The lowest BCUT2D eigenvalue weighted by Gasteiger charge is -2.19. The van der Waals surface area contributed by atoms with Crippen LogP contribution in [-0.4, -0.2) is 18.5 Å². The van der Waals surface area contributed by atoms with E-state index in [2.05, 4.69) is 5.32 Å². The molecule has 3 aromatic carbocycles. The Morgan fingerprint density at radius 2 is 1.63 bits per heavy atom. The van der Waals surface area contributed by atoms with Crippen LogP contribution in [0.25, 0.3) is 0 Å². The lowest BCUT2D eigenvalue weighted by Crippen LogP contribution is -2.26. The molecule has 3 aromatic rings. The van der Waals surface area contributed by atoms with Crippen molar-refractivity contribution in [3.05, 3.63) is 95.6 Å². The average Bonchev–Trinajstić information content (AvgIpc) is 2.79. The Labute approximate surface area is 174 Å². The van der Waals surface area contributed by atoms with Crippen molar-refractivity contribution in [3.8, 4) is 11.8 Å². The first-order chi connectivity index (χ1) is 14.6. The summed E-state index contributed by atoms with van der Waals surface area (Å²) in [7, 11) is 0. The lowest BCUT2D eigenvalue weighted by molar-refractivity contribution is -0.125. The molecule has 0 aliphatic heterocycles. The standard InChI is InChI=1S/C24H20N2O4/c1-2-29-21-11-7-6-10-20(21)26-23(27)22(18-8-4-3-5-9-18)30-24(28)19-14-12-17(16-25)13-15-19/h3-15,22H,2H2,1H3,(H,26,27)/t22-/m1/s1. The van der Waals surface area contributed by atoms with Crippen LogP contribution in [0.2, 0.25) is 0 Å². The largest absolute Gasteiger partial charge is 0.492 e. The molecule has 150 valence electrons. The highest BCUT2D eigenvalue weighted by molar-refractivity contribution is 5.99. The van der Waals surface area contributed by atoms with E-state index in [1.165, 1.54) is 24.3 Å². The van der Waals surface area contributed by atoms with Crippen LogP contribution < -0.4 is 10.1 Å². The van der Waals surface area contributed by atoms with E-state index in [9.17, 15) is 9.59 Å². The number of hydrogen-bond donors (Lipinski definition) is 1. The molecule has 1 amide bonds. The number of hydrogen-bond acceptors (Lipinski definition) is 5. The number of nitrogens with one attached hydrogen (secondary N) is 1. The van der Waals surface area contributed by atoms with Gasteiger partial charge in [-0.3, -0.25) is 4.79 Å². The SMILES string of the molecule is CCOc1ccccc1NC(=O)[C@H](OC(=O)c1ccc(C#N)cc1)c1ccccc1. The Balaban J connectivity index is 1.85. The molecule has 3 rings (SSSR count). The van der Waals surface area contributed by atoms with E-state index in [-0.39, 0.29) is 5.56 Å². The number of nitriles is 1. The second-order valence-corrected chi connectivity index (χ2v) is 6.30. The summed E-state index contributed by atoms with van der Waals surface area (Å²) in [5, 5.41) is 11.7. The summed E-state index contributed by atoms with van der Waals surface area (Å²) in [5.41, 5.74) is 1.69. The van der Waals surface area contributed by atoms with Gasteiger partial charge < -0.3 is 14.8 Å². The Bertz CT molecular complexity index is 1060. The van der Waals surface area contributed by atoms with Crippen LogP contribution in [0.4, 0.5) is 5.69 Å². The molecule has 1 atom stereocenters. The van der Waals surface area contributed by atoms with Gasteiger partial charge in [-0.2, -0.15) is 5.26 Å². The van der Waals surface area contributed by atoms with E-state index in [1.807, 2.05) is 19.1 Å². The Morgan fingerprint density at radius 3 is 2.30 bits per heavy atom. The highest BCUT2D eigenvalue weighted by Crippen LogP contribution is 2.27. The molecule has 0 radical (unpaired) electrons. The molecule has 1 N–H and O–H groups in total. The van der Waals surface area contributed by atoms with E-state index in [0.29, 0.717) is 29.2 Å². The van der Waals surface area contributed by atoms with Crippen LogP contribution in [-0.2, 0) is 9.53 Å². The molecule has 0 bridgehead atoms. The number of carbonyl (C=O) groups is 2. The predicted octanol–water partition coefficient (Wildman–Crippen LogP) is 4.49. The maximum absolute atomic E-state index is 13.0. The zero-order valence-electron chi connectivity index (χ0n) is 16.4. The number of rotatable bonds is 7. The van der Waals surface area contributed by atoms with Gasteiger partial charge in [-0.25, -0.2) is 4.79 Å². The summed E-state index contributed by atoms with van der Waals surface area (Å²) in [4.78, 5) is 25.7. The fraction of sp³-hybridized carbons (Fsp3) is 0.125. The highest BCUT2D eigenvalue weighted by atomic mass is 16.5. The van der Waals surface area contributed by atoms with Crippen molar-refractivity contribution in [1.82, 2.24) is 0 Å². The van der Waals surface area contributed by atoms with E-state index in [0.717, 1.165) is 0 Å². The van der Waals surface area contributed by atoms with Gasteiger partial charge in [-0.15, -0.1) is 0 Å². The van der Waals surface area contributed by atoms with Gasteiger partial charge in [0.15, 0.2) is 0 Å². The van der Waals surface area contributed by atoms with Gasteiger partial charge in [0.1, 0.15) is 5.75 Å². The van der Waals surface area contributed by atoms with Crippen molar-refractivity contribution in [1.29, 1.82) is 5.26 Å². The van der Waals surface area contributed by atoms with Gasteiger partial charge in [0.25, 0.3) is 5.91 Å². The van der Waals surface area contributed by atoms with Gasteiger partial charge in [0.2, 0.25) is 6.10 Å². The van der Waals surface area contributed by atoms with Crippen LogP contribution in [0.15, 0.2) is 78.9 Å². The van der Waals surface area contributed by atoms with Gasteiger partial charge in [0, 0.05) is 5.56 Å². The van der Waals surface area contributed by atoms with E-state index in [1.54, 1.807) is 48.5 Å². The van der Waals surface area contributed by atoms with Crippen LogP contribution in [0.3, 0.4) is 0 Å². The molecule has 0 spiro atoms. The van der Waals surface area contributed by atoms with Crippen molar-refractivity contribution in [2.75, 3.05) is 11.9 Å². The lowest BCUT2D eigenvalue weighted by atomic mass is 10.1. The molecule has 0 saturated carbocycles. The summed E-state index contributed by atoms with van der Waals surface area (Å²) in [6.07, 6.45) is -1.16. The molecule has 0 heterocycles. The summed E-state index contributed by atoms with van der Waals surface area (Å²) < 4.78 is 11.1. The van der Waals surface area contributed by atoms with E-state index >= 15 is 0 Å². The third-order valence-electron chi connectivity index (χ3n) is 4.26. The molecular formula is C24H20N2O4. The minimum atomic E-state index is -1.16. The fourth-order valence-corrected chi connectivity index (χ4v) is 2.81. The van der Waals surface area contributed by atoms with Crippen molar-refractivity contribution in [3.63, 3.8) is 0 Å². The smallest absolute Gasteiger partial charge is 0.339 e. The molecule has 0 aliphatic rings. The molecule has 30 heavy (non-hydrogen) atoms. The topological polar surface area (TPSA) is 88.4 Å².